The summed E-state index contributed by atoms with van der Waals surface area (Å²) in [6.45, 7) is 9.98. The Morgan fingerprint density at radius 2 is 1.86 bits per heavy atom. The molecule has 0 spiro atoms. The van der Waals surface area contributed by atoms with Crippen molar-refractivity contribution in [3.63, 3.8) is 0 Å². The number of anilines is 2. The van der Waals surface area contributed by atoms with E-state index in [1.807, 2.05) is 32.0 Å². The zero-order valence-electron chi connectivity index (χ0n) is 17.5. The summed E-state index contributed by atoms with van der Waals surface area (Å²) in [5, 5.41) is 0. The topological polar surface area (TPSA) is 54.3 Å². The Labute approximate surface area is 171 Å². The van der Waals surface area contributed by atoms with Crippen LogP contribution in [-0.4, -0.2) is 26.1 Å². The third kappa shape index (κ3) is 3.68. The van der Waals surface area contributed by atoms with Gasteiger partial charge >= 0.3 is 0 Å². The monoisotopic (exact) mass is 389 g/mol. The number of hydrogen-bond donors (Lipinski definition) is 0. The molecule has 150 valence electrons. The minimum absolute atomic E-state index is 0.0505. The highest BCUT2D eigenvalue weighted by molar-refractivity contribution is 5.60. The van der Waals surface area contributed by atoms with Gasteiger partial charge in [-0.25, -0.2) is 4.98 Å². The van der Waals surface area contributed by atoms with Crippen molar-refractivity contribution in [1.82, 2.24) is 19.4 Å². The maximum absolute atomic E-state index is 13.2. The summed E-state index contributed by atoms with van der Waals surface area (Å²) in [6.07, 6.45) is 2.49. The lowest BCUT2D eigenvalue weighted by molar-refractivity contribution is 0.187. The number of benzene rings is 1. The van der Waals surface area contributed by atoms with Crippen molar-refractivity contribution in [3.05, 3.63) is 81.0 Å². The molecule has 3 heterocycles. The van der Waals surface area contributed by atoms with Gasteiger partial charge in [0.25, 0.3) is 5.56 Å². The van der Waals surface area contributed by atoms with Gasteiger partial charge in [-0.2, -0.15) is 0 Å². The molecule has 0 saturated heterocycles. The van der Waals surface area contributed by atoms with E-state index in [2.05, 4.69) is 46.8 Å². The smallest absolute Gasteiger partial charge is 0.259 e. The number of rotatable bonds is 4. The highest BCUT2D eigenvalue weighted by Crippen LogP contribution is 2.29. The molecule has 3 aromatic rings. The Hall–Kier alpha value is -2.99. The number of fused-ring (bicyclic) bond motifs is 1. The second-order valence-corrected chi connectivity index (χ2v) is 7.69. The van der Waals surface area contributed by atoms with Crippen molar-refractivity contribution in [1.29, 1.82) is 0 Å². The highest BCUT2D eigenvalue weighted by atomic mass is 16.1. The Kier molecular flexibility index (Phi) is 5.20. The van der Waals surface area contributed by atoms with Crippen LogP contribution < -0.4 is 10.5 Å². The predicted octanol–water partition coefficient (Wildman–Crippen LogP) is 3.69. The van der Waals surface area contributed by atoms with Crippen molar-refractivity contribution in [2.24, 2.45) is 0 Å². The molecule has 0 aliphatic carbocycles. The van der Waals surface area contributed by atoms with Crippen molar-refractivity contribution in [3.8, 4) is 0 Å². The van der Waals surface area contributed by atoms with E-state index < -0.39 is 0 Å². The zero-order chi connectivity index (χ0) is 20.5. The van der Waals surface area contributed by atoms with E-state index in [1.165, 1.54) is 11.1 Å². The highest BCUT2D eigenvalue weighted by Gasteiger charge is 2.28. The summed E-state index contributed by atoms with van der Waals surface area (Å²) < 4.78 is 1.80. The van der Waals surface area contributed by atoms with E-state index in [1.54, 1.807) is 10.8 Å². The minimum atomic E-state index is 0.0505. The normalized spacial score (nSPS) is 14.1. The fourth-order valence-electron chi connectivity index (χ4n) is 3.85. The van der Waals surface area contributed by atoms with E-state index >= 15 is 0 Å². The first-order chi connectivity index (χ1) is 14.0. The van der Waals surface area contributed by atoms with Crippen LogP contribution in [0.25, 0.3) is 0 Å². The van der Waals surface area contributed by atoms with Crippen LogP contribution in [0.15, 0.2) is 47.4 Å². The van der Waals surface area contributed by atoms with Gasteiger partial charge in [-0.15, -0.1) is 0 Å². The van der Waals surface area contributed by atoms with E-state index in [0.29, 0.717) is 32.3 Å². The van der Waals surface area contributed by atoms with E-state index in [4.69, 9.17) is 4.98 Å². The van der Waals surface area contributed by atoms with Gasteiger partial charge in [0, 0.05) is 29.7 Å². The largest absolute Gasteiger partial charge is 0.298 e. The van der Waals surface area contributed by atoms with Crippen molar-refractivity contribution in [2.75, 3.05) is 11.6 Å². The summed E-state index contributed by atoms with van der Waals surface area (Å²) in [5.74, 6) is 0.713. The number of aromatic nitrogens is 3. The van der Waals surface area contributed by atoms with Crippen molar-refractivity contribution >= 4 is 11.6 Å². The lowest BCUT2D eigenvalue weighted by Crippen LogP contribution is -2.47. The minimum Gasteiger partial charge on any atom is -0.298 e. The molecular formula is C23H27N5O. The van der Waals surface area contributed by atoms with Crippen molar-refractivity contribution in [2.45, 2.75) is 47.3 Å². The van der Waals surface area contributed by atoms with Gasteiger partial charge in [-0.1, -0.05) is 19.1 Å². The molecule has 0 amide bonds. The quantitative estimate of drug-likeness (QED) is 0.681. The molecule has 0 bridgehead atoms. The molecule has 0 radical (unpaired) electrons. The third-order valence-corrected chi connectivity index (χ3v) is 5.64. The molecule has 6 heteroatoms. The molecule has 4 rings (SSSR count). The molecule has 29 heavy (non-hydrogen) atoms. The van der Waals surface area contributed by atoms with Crippen LogP contribution >= 0.6 is 0 Å². The molecule has 0 unspecified atom stereocenters. The van der Waals surface area contributed by atoms with Crippen LogP contribution in [0.5, 0.6) is 0 Å². The van der Waals surface area contributed by atoms with Gasteiger partial charge in [0.1, 0.15) is 0 Å². The predicted molar refractivity (Wildman–Crippen MR) is 115 cm³/mol. The first-order valence-corrected chi connectivity index (χ1v) is 10.0. The van der Waals surface area contributed by atoms with E-state index in [9.17, 15) is 4.79 Å². The SMILES string of the molecule is CCc1c(C)nc2n(c1=O)CN(Cc1ccccn1)CN2c1ccc(C)c(C)c1. The lowest BCUT2D eigenvalue weighted by atomic mass is 10.1. The molecule has 0 N–H and O–H groups in total. The van der Waals surface area contributed by atoms with Crippen LogP contribution in [0.1, 0.15) is 35.0 Å². The Balaban J connectivity index is 1.81. The first-order valence-electron chi connectivity index (χ1n) is 10.0. The van der Waals surface area contributed by atoms with Crippen molar-refractivity contribution < 1.29 is 0 Å². The number of hydrogen-bond acceptors (Lipinski definition) is 5. The fourth-order valence-corrected chi connectivity index (χ4v) is 3.85. The number of nitrogens with zero attached hydrogens (tertiary/aromatic N) is 5. The van der Waals surface area contributed by atoms with Crippen LogP contribution in [0.3, 0.4) is 0 Å². The van der Waals surface area contributed by atoms with Crippen LogP contribution in [0, 0.1) is 20.8 Å². The average molecular weight is 390 g/mol. The fraction of sp³-hybridized carbons (Fsp3) is 0.348. The molecule has 0 fully saturated rings. The van der Waals surface area contributed by atoms with E-state index in [-0.39, 0.29) is 5.56 Å². The zero-order valence-corrected chi connectivity index (χ0v) is 17.5. The molecular weight excluding hydrogens is 362 g/mol. The molecule has 1 aliphatic rings. The first kappa shape index (κ1) is 19.3. The summed E-state index contributed by atoms with van der Waals surface area (Å²) in [4.78, 5) is 26.9. The molecule has 0 saturated carbocycles. The summed E-state index contributed by atoms with van der Waals surface area (Å²) in [5.41, 5.74) is 6.15. The Morgan fingerprint density at radius 3 is 2.55 bits per heavy atom. The van der Waals surface area contributed by atoms with Crippen LogP contribution in [0.2, 0.25) is 0 Å². The molecule has 1 aromatic carbocycles. The van der Waals surface area contributed by atoms with E-state index in [0.717, 1.165) is 22.6 Å². The van der Waals surface area contributed by atoms with Gasteiger partial charge < -0.3 is 0 Å². The second-order valence-electron chi connectivity index (χ2n) is 7.69. The Bertz CT molecular complexity index is 1090. The van der Waals surface area contributed by atoms with Crippen LogP contribution in [-0.2, 0) is 19.6 Å². The van der Waals surface area contributed by atoms with Gasteiger partial charge in [0.2, 0.25) is 5.95 Å². The van der Waals surface area contributed by atoms with Gasteiger partial charge in [0.15, 0.2) is 0 Å². The molecule has 6 nitrogen and oxygen atoms in total. The second kappa shape index (κ2) is 7.79. The third-order valence-electron chi connectivity index (χ3n) is 5.64. The standard InChI is InChI=1S/C23H27N5O/c1-5-21-18(4)25-23-27(20-10-9-16(2)17(3)12-20)14-26(15-28(23)22(21)29)13-19-8-6-7-11-24-19/h6-12H,5,13-15H2,1-4H3. The maximum atomic E-state index is 13.2. The van der Waals surface area contributed by atoms with Gasteiger partial charge in [-0.3, -0.25) is 24.1 Å². The summed E-state index contributed by atoms with van der Waals surface area (Å²) >= 11 is 0. The maximum Gasteiger partial charge on any atom is 0.259 e. The Morgan fingerprint density at radius 1 is 1.03 bits per heavy atom. The number of pyridine rings is 1. The molecule has 0 atom stereocenters. The number of aryl methyl sites for hydroxylation is 3. The summed E-state index contributed by atoms with van der Waals surface area (Å²) in [7, 11) is 0. The van der Waals surface area contributed by atoms with Crippen LogP contribution in [0.4, 0.5) is 11.6 Å². The summed E-state index contributed by atoms with van der Waals surface area (Å²) in [6, 6.07) is 12.3. The van der Waals surface area contributed by atoms with Gasteiger partial charge in [-0.05, 0) is 62.6 Å². The van der Waals surface area contributed by atoms with Gasteiger partial charge in [0.05, 0.1) is 19.0 Å². The average Bonchev–Trinajstić information content (AvgIpc) is 2.71. The molecule has 2 aromatic heterocycles. The molecule has 1 aliphatic heterocycles. The lowest BCUT2D eigenvalue weighted by Gasteiger charge is -2.38.